The molecule has 0 radical (unpaired) electrons. The van der Waals surface area contributed by atoms with Crippen molar-refractivity contribution < 1.29 is 0 Å². The van der Waals surface area contributed by atoms with Gasteiger partial charge in [0.05, 0.1) is 6.07 Å². The van der Waals surface area contributed by atoms with Crippen LogP contribution in [-0.4, -0.2) is 36.6 Å². The van der Waals surface area contributed by atoms with Crippen molar-refractivity contribution in [3.63, 3.8) is 0 Å². The molecular weight excluding hydrogens is 258 g/mol. The van der Waals surface area contributed by atoms with Gasteiger partial charge in [0.2, 0.25) is 0 Å². The third-order valence-corrected chi connectivity index (χ3v) is 5.38. The average Bonchev–Trinajstić information content (AvgIpc) is 2.46. The van der Waals surface area contributed by atoms with Crippen molar-refractivity contribution in [2.45, 2.75) is 84.2 Å². The van der Waals surface area contributed by atoms with Crippen molar-refractivity contribution in [1.82, 2.24) is 10.2 Å². The van der Waals surface area contributed by atoms with Crippen LogP contribution in [0.1, 0.15) is 72.6 Å². The summed E-state index contributed by atoms with van der Waals surface area (Å²) in [6.45, 7) is 11.0. The van der Waals surface area contributed by atoms with Crippen molar-refractivity contribution in [2.24, 2.45) is 5.41 Å². The molecule has 3 nitrogen and oxygen atoms in total. The van der Waals surface area contributed by atoms with E-state index in [0.717, 1.165) is 38.4 Å². The lowest BCUT2D eigenvalue weighted by molar-refractivity contribution is 0.124. The lowest BCUT2D eigenvalue weighted by Crippen LogP contribution is -2.44. The summed E-state index contributed by atoms with van der Waals surface area (Å²) in [6.07, 6.45) is 8.29. The van der Waals surface area contributed by atoms with Crippen molar-refractivity contribution in [1.29, 1.82) is 5.26 Å². The van der Waals surface area contributed by atoms with Gasteiger partial charge in [0.25, 0.3) is 0 Å². The van der Waals surface area contributed by atoms with E-state index >= 15 is 0 Å². The molecule has 0 aromatic rings. The normalized spacial score (nSPS) is 22.0. The lowest BCUT2D eigenvalue weighted by Gasteiger charge is -2.39. The Labute approximate surface area is 132 Å². The van der Waals surface area contributed by atoms with Gasteiger partial charge < -0.3 is 4.90 Å². The van der Waals surface area contributed by atoms with Crippen molar-refractivity contribution in [3.05, 3.63) is 0 Å². The summed E-state index contributed by atoms with van der Waals surface area (Å²) in [7, 11) is 2.26. The second-order valence-corrected chi connectivity index (χ2v) is 7.56. The monoisotopic (exact) mass is 293 g/mol. The summed E-state index contributed by atoms with van der Waals surface area (Å²) >= 11 is 0. The first-order chi connectivity index (χ1) is 9.88. The quantitative estimate of drug-likeness (QED) is 0.736. The zero-order valence-corrected chi connectivity index (χ0v) is 14.8. The molecule has 0 bridgehead atoms. The second-order valence-electron chi connectivity index (χ2n) is 7.56. The number of hydrogen-bond acceptors (Lipinski definition) is 3. The van der Waals surface area contributed by atoms with Gasteiger partial charge in [-0.05, 0) is 70.5 Å². The van der Waals surface area contributed by atoms with E-state index in [4.69, 9.17) is 0 Å². The molecule has 3 heteroatoms. The number of rotatable bonds is 8. The first-order valence-electron chi connectivity index (χ1n) is 8.74. The average molecular weight is 293 g/mol. The topological polar surface area (TPSA) is 39.1 Å². The predicted molar refractivity (Wildman–Crippen MR) is 90.2 cm³/mol. The Morgan fingerprint density at radius 1 is 1.29 bits per heavy atom. The van der Waals surface area contributed by atoms with Gasteiger partial charge >= 0.3 is 0 Å². The molecule has 1 atom stereocenters. The number of nitriles is 1. The van der Waals surface area contributed by atoms with Crippen LogP contribution in [0.4, 0.5) is 0 Å². The summed E-state index contributed by atoms with van der Waals surface area (Å²) in [4.78, 5) is 2.53. The molecule has 1 aliphatic rings. The summed E-state index contributed by atoms with van der Waals surface area (Å²) < 4.78 is 0. The van der Waals surface area contributed by atoms with Gasteiger partial charge in [-0.2, -0.15) is 5.26 Å². The highest BCUT2D eigenvalue weighted by Gasteiger charge is 2.30. The maximum Gasteiger partial charge on any atom is 0.106 e. The fourth-order valence-corrected chi connectivity index (χ4v) is 3.54. The summed E-state index contributed by atoms with van der Waals surface area (Å²) in [5.41, 5.74) is 0.227. The fraction of sp³-hybridized carbons (Fsp3) is 0.944. The molecule has 0 aromatic heterocycles. The van der Waals surface area contributed by atoms with E-state index in [-0.39, 0.29) is 5.54 Å². The minimum atomic E-state index is -0.315. The SMILES string of the molecule is CCNC(C#N)(CC)CCCN(C)C1CCC(C)(C)CC1. The van der Waals surface area contributed by atoms with Crippen LogP contribution in [0.15, 0.2) is 0 Å². The van der Waals surface area contributed by atoms with E-state index in [1.807, 2.05) is 0 Å². The molecule has 1 fully saturated rings. The van der Waals surface area contributed by atoms with Gasteiger partial charge in [-0.1, -0.05) is 27.7 Å². The molecule has 1 N–H and O–H groups in total. The van der Waals surface area contributed by atoms with Crippen LogP contribution in [0.3, 0.4) is 0 Å². The van der Waals surface area contributed by atoms with Crippen molar-refractivity contribution >= 4 is 0 Å². The standard InChI is InChI=1S/C18H35N3/c1-6-18(15-19,20-7-2)11-8-14-21(5)16-9-12-17(3,4)13-10-16/h16,20H,6-14H2,1-5H3. The Morgan fingerprint density at radius 2 is 1.90 bits per heavy atom. The second kappa shape index (κ2) is 8.15. The van der Waals surface area contributed by atoms with E-state index in [2.05, 4.69) is 51.0 Å². The molecule has 122 valence electrons. The molecule has 0 spiro atoms. The maximum absolute atomic E-state index is 9.45. The fourth-order valence-electron chi connectivity index (χ4n) is 3.54. The molecule has 0 heterocycles. The minimum absolute atomic E-state index is 0.315. The van der Waals surface area contributed by atoms with E-state index < -0.39 is 0 Å². The highest BCUT2D eigenvalue weighted by Crippen LogP contribution is 2.36. The van der Waals surface area contributed by atoms with Crippen LogP contribution in [-0.2, 0) is 0 Å². The molecule has 1 aliphatic carbocycles. The van der Waals surface area contributed by atoms with Gasteiger partial charge in [0.15, 0.2) is 0 Å². The summed E-state index contributed by atoms with van der Waals surface area (Å²) in [5.74, 6) is 0. The molecule has 0 aliphatic heterocycles. The highest BCUT2D eigenvalue weighted by atomic mass is 15.1. The maximum atomic E-state index is 9.45. The third kappa shape index (κ3) is 5.60. The Kier molecular flexibility index (Phi) is 7.16. The van der Waals surface area contributed by atoms with Crippen LogP contribution in [0.5, 0.6) is 0 Å². The molecule has 0 saturated heterocycles. The van der Waals surface area contributed by atoms with Gasteiger partial charge in [-0.25, -0.2) is 0 Å². The highest BCUT2D eigenvalue weighted by molar-refractivity contribution is 5.06. The molecule has 21 heavy (non-hydrogen) atoms. The van der Waals surface area contributed by atoms with E-state index in [1.54, 1.807) is 0 Å². The molecule has 0 aromatic carbocycles. The van der Waals surface area contributed by atoms with Gasteiger partial charge in [0, 0.05) is 6.04 Å². The smallest absolute Gasteiger partial charge is 0.106 e. The number of nitrogens with one attached hydrogen (secondary N) is 1. The molecule has 1 saturated carbocycles. The predicted octanol–water partition coefficient (Wildman–Crippen LogP) is 3.95. The number of nitrogens with zero attached hydrogens (tertiary/aromatic N) is 2. The number of hydrogen-bond donors (Lipinski definition) is 1. The zero-order chi connectivity index (χ0) is 15.9. The summed E-state index contributed by atoms with van der Waals surface area (Å²) in [6, 6.07) is 3.25. The first kappa shape index (κ1) is 18.5. The lowest BCUT2D eigenvalue weighted by atomic mass is 9.75. The Hall–Kier alpha value is -0.590. The van der Waals surface area contributed by atoms with E-state index in [9.17, 15) is 5.26 Å². The first-order valence-corrected chi connectivity index (χ1v) is 8.74. The van der Waals surface area contributed by atoms with Crippen molar-refractivity contribution in [2.75, 3.05) is 20.1 Å². The Morgan fingerprint density at radius 3 is 2.38 bits per heavy atom. The largest absolute Gasteiger partial charge is 0.303 e. The van der Waals surface area contributed by atoms with Gasteiger partial charge in [-0.3, -0.25) is 5.32 Å². The van der Waals surface area contributed by atoms with Crippen molar-refractivity contribution in [3.8, 4) is 6.07 Å². The van der Waals surface area contributed by atoms with Crippen LogP contribution in [0, 0.1) is 16.7 Å². The summed E-state index contributed by atoms with van der Waals surface area (Å²) in [5, 5.41) is 12.8. The van der Waals surface area contributed by atoms with E-state index in [0.29, 0.717) is 5.41 Å². The Bertz CT molecular complexity index is 335. The van der Waals surface area contributed by atoms with Crippen LogP contribution in [0.2, 0.25) is 0 Å². The third-order valence-electron chi connectivity index (χ3n) is 5.38. The molecule has 0 amide bonds. The van der Waals surface area contributed by atoms with Crippen LogP contribution in [0.25, 0.3) is 0 Å². The zero-order valence-electron chi connectivity index (χ0n) is 14.8. The van der Waals surface area contributed by atoms with E-state index in [1.165, 1.54) is 25.7 Å². The van der Waals surface area contributed by atoms with Crippen LogP contribution < -0.4 is 5.32 Å². The molecular formula is C18H35N3. The van der Waals surface area contributed by atoms with Crippen LogP contribution >= 0.6 is 0 Å². The van der Waals surface area contributed by atoms with Gasteiger partial charge in [-0.15, -0.1) is 0 Å². The Balaban J connectivity index is 2.36. The molecule has 1 rings (SSSR count). The molecule has 1 unspecified atom stereocenters. The van der Waals surface area contributed by atoms with Gasteiger partial charge in [0.1, 0.15) is 5.54 Å². The minimum Gasteiger partial charge on any atom is -0.303 e.